The van der Waals surface area contributed by atoms with E-state index in [1.165, 1.54) is 10.9 Å². The molecule has 9 heteroatoms. The lowest BCUT2D eigenvalue weighted by atomic mass is 10.1. The smallest absolute Gasteiger partial charge is 0.274 e. The van der Waals surface area contributed by atoms with Crippen molar-refractivity contribution < 1.29 is 9.59 Å². The van der Waals surface area contributed by atoms with Gasteiger partial charge in [-0.15, -0.1) is 0 Å². The highest BCUT2D eigenvalue weighted by Crippen LogP contribution is 2.22. The average molecular weight is 499 g/mol. The first kappa shape index (κ1) is 22.3. The van der Waals surface area contributed by atoms with E-state index in [0.717, 1.165) is 53.8 Å². The first-order chi connectivity index (χ1) is 15.3. The second kappa shape index (κ2) is 9.28. The van der Waals surface area contributed by atoms with E-state index in [1.807, 2.05) is 35.6 Å². The van der Waals surface area contributed by atoms with Gasteiger partial charge in [0.1, 0.15) is 5.69 Å². The number of carbonyl (C=O) groups excluding carboxylic acids is 2. The van der Waals surface area contributed by atoms with Crippen molar-refractivity contribution in [1.29, 1.82) is 0 Å². The van der Waals surface area contributed by atoms with Gasteiger partial charge >= 0.3 is 0 Å². The molecule has 0 bridgehead atoms. The van der Waals surface area contributed by atoms with Crippen molar-refractivity contribution in [2.75, 3.05) is 18.4 Å². The predicted molar refractivity (Wildman–Crippen MR) is 126 cm³/mol. The molecule has 168 valence electrons. The van der Waals surface area contributed by atoms with E-state index in [9.17, 15) is 9.59 Å². The highest BCUT2D eigenvalue weighted by Gasteiger charge is 2.25. The molecule has 2 amide bonds. The number of rotatable bonds is 5. The second-order valence-electron chi connectivity index (χ2n) is 8.18. The number of nitrogens with one attached hydrogen (secondary N) is 1. The summed E-state index contributed by atoms with van der Waals surface area (Å²) in [5, 5.41) is 11.6. The van der Waals surface area contributed by atoms with Crippen molar-refractivity contribution in [2.45, 2.75) is 39.7 Å². The Hall–Kier alpha value is -2.94. The van der Waals surface area contributed by atoms with Crippen LogP contribution in [0, 0.1) is 13.8 Å². The Labute approximate surface area is 195 Å². The lowest BCUT2D eigenvalue weighted by Crippen LogP contribution is -2.37. The van der Waals surface area contributed by atoms with Gasteiger partial charge in [-0.05, 0) is 66.7 Å². The summed E-state index contributed by atoms with van der Waals surface area (Å²) in [6, 6.07) is 7.41. The van der Waals surface area contributed by atoms with E-state index in [0.29, 0.717) is 23.5 Å². The van der Waals surface area contributed by atoms with Gasteiger partial charge in [0.15, 0.2) is 0 Å². The van der Waals surface area contributed by atoms with Gasteiger partial charge in [0.2, 0.25) is 0 Å². The third-order valence-electron chi connectivity index (χ3n) is 5.87. The zero-order chi connectivity index (χ0) is 22.8. The minimum absolute atomic E-state index is 0.0913. The number of hydrogen-bond acceptors (Lipinski definition) is 4. The van der Waals surface area contributed by atoms with Crippen LogP contribution in [0.2, 0.25) is 0 Å². The van der Waals surface area contributed by atoms with Crippen molar-refractivity contribution in [3.8, 4) is 0 Å². The summed E-state index contributed by atoms with van der Waals surface area (Å²) in [6.45, 7) is 6.08. The monoisotopic (exact) mass is 498 g/mol. The van der Waals surface area contributed by atoms with Crippen LogP contribution < -0.4 is 5.32 Å². The third-order valence-corrected chi connectivity index (χ3v) is 7.02. The number of amides is 2. The Morgan fingerprint density at radius 1 is 1.09 bits per heavy atom. The summed E-state index contributed by atoms with van der Waals surface area (Å²) in [6.07, 6.45) is 4.69. The van der Waals surface area contributed by atoms with E-state index >= 15 is 0 Å². The molecule has 0 saturated carbocycles. The van der Waals surface area contributed by atoms with Gasteiger partial charge in [-0.2, -0.15) is 10.2 Å². The largest absolute Gasteiger partial charge is 0.337 e. The third kappa shape index (κ3) is 4.48. The summed E-state index contributed by atoms with van der Waals surface area (Å²) in [5.74, 6) is -0.363. The van der Waals surface area contributed by atoms with Crippen molar-refractivity contribution in [1.82, 2.24) is 24.5 Å². The summed E-state index contributed by atoms with van der Waals surface area (Å²) in [4.78, 5) is 27.7. The Balaban J connectivity index is 1.46. The number of anilines is 1. The summed E-state index contributed by atoms with van der Waals surface area (Å²) in [7, 11) is 1.72. The Bertz CT molecular complexity index is 1140. The van der Waals surface area contributed by atoms with Crippen molar-refractivity contribution in [3.05, 3.63) is 63.1 Å². The topological polar surface area (TPSA) is 85.0 Å². The number of carbonyl (C=O) groups is 2. The Morgan fingerprint density at radius 3 is 2.41 bits per heavy atom. The maximum absolute atomic E-state index is 13.0. The van der Waals surface area contributed by atoms with Crippen molar-refractivity contribution in [2.24, 2.45) is 7.05 Å². The quantitative estimate of drug-likeness (QED) is 0.577. The molecule has 32 heavy (non-hydrogen) atoms. The van der Waals surface area contributed by atoms with Crippen LogP contribution in [0.1, 0.15) is 57.1 Å². The molecule has 0 spiro atoms. The first-order valence-electron chi connectivity index (χ1n) is 10.8. The number of halogens is 1. The van der Waals surface area contributed by atoms with Gasteiger partial charge in [-0.3, -0.25) is 19.0 Å². The van der Waals surface area contributed by atoms with E-state index < -0.39 is 0 Å². The Kier molecular flexibility index (Phi) is 6.45. The van der Waals surface area contributed by atoms with Gasteiger partial charge < -0.3 is 10.2 Å². The summed E-state index contributed by atoms with van der Waals surface area (Å²) < 4.78 is 4.48. The fraction of sp³-hybridized carbons (Fsp3) is 0.391. The van der Waals surface area contributed by atoms with Crippen LogP contribution in [0.5, 0.6) is 0 Å². The fourth-order valence-electron chi connectivity index (χ4n) is 3.99. The molecule has 4 rings (SSSR count). The van der Waals surface area contributed by atoms with Gasteiger partial charge in [-0.25, -0.2) is 0 Å². The van der Waals surface area contributed by atoms with Crippen molar-refractivity contribution in [3.63, 3.8) is 0 Å². The number of piperidine rings is 1. The highest BCUT2D eigenvalue weighted by atomic mass is 79.9. The zero-order valence-corrected chi connectivity index (χ0v) is 20.1. The number of aromatic nitrogens is 4. The van der Waals surface area contributed by atoms with Gasteiger partial charge in [0.25, 0.3) is 11.8 Å². The molecule has 1 saturated heterocycles. The molecule has 1 aliphatic heterocycles. The molecule has 8 nitrogen and oxygen atoms in total. The van der Waals surface area contributed by atoms with Crippen LogP contribution >= 0.6 is 15.9 Å². The molecule has 1 N–H and O–H groups in total. The summed E-state index contributed by atoms with van der Waals surface area (Å²) in [5.41, 5.74) is 4.42. The molecular weight excluding hydrogens is 472 g/mol. The molecule has 1 aromatic carbocycles. The number of aryl methyl sites for hydroxylation is 2. The molecule has 0 unspecified atom stereocenters. The second-order valence-corrected chi connectivity index (χ2v) is 8.97. The van der Waals surface area contributed by atoms with E-state index in [2.05, 4.69) is 31.4 Å². The van der Waals surface area contributed by atoms with Crippen LogP contribution in [-0.4, -0.2) is 49.4 Å². The van der Waals surface area contributed by atoms with Gasteiger partial charge in [0.05, 0.1) is 34.3 Å². The molecule has 0 aliphatic carbocycles. The lowest BCUT2D eigenvalue weighted by molar-refractivity contribution is 0.0714. The van der Waals surface area contributed by atoms with Gasteiger partial charge in [-0.1, -0.05) is 12.1 Å². The number of benzene rings is 1. The maximum atomic E-state index is 13.0. The summed E-state index contributed by atoms with van der Waals surface area (Å²) >= 11 is 3.55. The van der Waals surface area contributed by atoms with Gasteiger partial charge in [0, 0.05) is 25.7 Å². The minimum atomic E-state index is -0.272. The maximum Gasteiger partial charge on any atom is 0.274 e. The minimum Gasteiger partial charge on any atom is -0.337 e. The number of likely N-dealkylation sites (tertiary alicyclic amines) is 1. The highest BCUT2D eigenvalue weighted by molar-refractivity contribution is 9.10. The zero-order valence-electron chi connectivity index (χ0n) is 18.6. The van der Waals surface area contributed by atoms with Crippen molar-refractivity contribution >= 4 is 33.4 Å². The molecule has 3 aromatic rings. The van der Waals surface area contributed by atoms with Crippen LogP contribution in [0.15, 0.2) is 34.9 Å². The predicted octanol–water partition coefficient (Wildman–Crippen LogP) is 3.92. The average Bonchev–Trinajstić information content (AvgIpc) is 3.28. The Morgan fingerprint density at radius 2 is 1.78 bits per heavy atom. The first-order valence-corrected chi connectivity index (χ1v) is 11.6. The standard InChI is InChI=1S/C23H27BrN6O2/c1-15-20(24)16(2)30(27-15)14-17-7-9-18(10-8-17)22(31)26-19-13-25-28(3)21(19)23(32)29-11-5-4-6-12-29/h7-10,13H,4-6,11-12,14H2,1-3H3,(H,26,31). The van der Waals surface area contributed by atoms with E-state index in [4.69, 9.17) is 0 Å². The molecule has 1 aliphatic rings. The molecule has 2 aromatic heterocycles. The fourth-order valence-corrected chi connectivity index (χ4v) is 4.27. The SMILES string of the molecule is Cc1nn(Cc2ccc(C(=O)Nc3cnn(C)c3C(=O)N3CCCCC3)cc2)c(C)c1Br. The molecule has 0 atom stereocenters. The van der Waals surface area contributed by atoms with E-state index in [-0.39, 0.29) is 11.8 Å². The van der Waals surface area contributed by atoms with Crippen LogP contribution in [0.3, 0.4) is 0 Å². The van der Waals surface area contributed by atoms with E-state index in [1.54, 1.807) is 19.2 Å². The number of hydrogen-bond donors (Lipinski definition) is 1. The van der Waals surface area contributed by atoms with Crippen LogP contribution in [-0.2, 0) is 13.6 Å². The molecule has 1 fully saturated rings. The molecule has 3 heterocycles. The van der Waals surface area contributed by atoms with Crippen LogP contribution in [0.25, 0.3) is 0 Å². The number of nitrogens with zero attached hydrogens (tertiary/aromatic N) is 5. The molecule has 0 radical (unpaired) electrons. The lowest BCUT2D eigenvalue weighted by Gasteiger charge is -2.27. The van der Waals surface area contributed by atoms with Crippen LogP contribution in [0.4, 0.5) is 5.69 Å². The molecular formula is C23H27BrN6O2. The normalized spacial score (nSPS) is 13.9.